The average Bonchev–Trinajstić information content (AvgIpc) is 2.71. The Morgan fingerprint density at radius 2 is 2.08 bits per heavy atom. The van der Waals surface area contributed by atoms with E-state index in [1.807, 2.05) is 28.4 Å². The van der Waals surface area contributed by atoms with Crippen molar-refractivity contribution >= 4 is 29.4 Å². The Hall–Kier alpha value is 0.130. The van der Waals surface area contributed by atoms with E-state index in [1.165, 1.54) is 0 Å². The van der Waals surface area contributed by atoms with Crippen LogP contribution < -0.4 is 5.32 Å². The Bertz CT molecular complexity index is 189. The van der Waals surface area contributed by atoms with E-state index in [2.05, 4.69) is 5.32 Å². The summed E-state index contributed by atoms with van der Waals surface area (Å²) in [6.45, 7) is 1.87. The zero-order valence-electron chi connectivity index (χ0n) is 7.49. The molecule has 13 heavy (non-hydrogen) atoms. The normalized spacial score (nSPS) is 29.2. The fourth-order valence-electron chi connectivity index (χ4n) is 1.56. The molecule has 1 N–H and O–H groups in total. The van der Waals surface area contributed by atoms with E-state index in [1.54, 1.807) is 0 Å². The largest absolute Gasteiger partial charge is 0.340 e. The first-order valence-corrected chi connectivity index (χ1v) is 6.86. The van der Waals surface area contributed by atoms with Gasteiger partial charge in [-0.3, -0.25) is 10.1 Å². The number of carbonyl (C=O) groups excluding carboxylic acids is 1. The van der Waals surface area contributed by atoms with Gasteiger partial charge in [-0.1, -0.05) is 0 Å². The Morgan fingerprint density at radius 1 is 1.31 bits per heavy atom. The van der Waals surface area contributed by atoms with Gasteiger partial charge in [0.2, 0.25) is 5.91 Å². The standard InChI is InChI=1S/C8H14N2OS2/c11-8(7-5-13-6-9-7)10-1-3-12-4-2-10/h7,9H,1-6H2/t7-/m0/s1. The number of nitrogens with zero attached hydrogens (tertiary/aromatic N) is 1. The Morgan fingerprint density at radius 3 is 2.69 bits per heavy atom. The lowest BCUT2D eigenvalue weighted by Gasteiger charge is -2.28. The second-order valence-corrected chi connectivity index (χ2v) is 5.46. The second-order valence-electron chi connectivity index (χ2n) is 3.21. The highest BCUT2D eigenvalue weighted by Crippen LogP contribution is 2.15. The van der Waals surface area contributed by atoms with Gasteiger partial charge in [0.25, 0.3) is 0 Å². The Kier molecular flexibility index (Phi) is 3.40. The van der Waals surface area contributed by atoms with Crippen molar-refractivity contribution in [1.29, 1.82) is 0 Å². The van der Waals surface area contributed by atoms with Crippen molar-refractivity contribution in [1.82, 2.24) is 10.2 Å². The first kappa shape index (κ1) is 9.68. The smallest absolute Gasteiger partial charge is 0.240 e. The molecule has 0 aromatic carbocycles. The maximum absolute atomic E-state index is 11.8. The number of rotatable bonds is 1. The van der Waals surface area contributed by atoms with Crippen molar-refractivity contribution in [2.75, 3.05) is 36.2 Å². The summed E-state index contributed by atoms with van der Waals surface area (Å²) in [5, 5.41) is 3.22. The number of amides is 1. The average molecular weight is 218 g/mol. The van der Waals surface area contributed by atoms with Crippen LogP contribution in [-0.2, 0) is 4.79 Å². The van der Waals surface area contributed by atoms with Gasteiger partial charge in [0.05, 0.1) is 6.04 Å². The molecular formula is C8H14N2OS2. The van der Waals surface area contributed by atoms with Gasteiger partial charge in [0, 0.05) is 36.2 Å². The van der Waals surface area contributed by atoms with E-state index >= 15 is 0 Å². The van der Waals surface area contributed by atoms with Crippen molar-refractivity contribution in [3.05, 3.63) is 0 Å². The van der Waals surface area contributed by atoms with E-state index in [0.717, 1.165) is 36.2 Å². The molecule has 3 nitrogen and oxygen atoms in total. The molecule has 0 spiro atoms. The van der Waals surface area contributed by atoms with Gasteiger partial charge >= 0.3 is 0 Å². The predicted molar refractivity (Wildman–Crippen MR) is 58.2 cm³/mol. The highest BCUT2D eigenvalue weighted by atomic mass is 32.2. The first-order valence-electron chi connectivity index (χ1n) is 4.55. The third-order valence-electron chi connectivity index (χ3n) is 2.34. The van der Waals surface area contributed by atoms with Crippen molar-refractivity contribution in [3.63, 3.8) is 0 Å². The molecule has 0 unspecified atom stereocenters. The van der Waals surface area contributed by atoms with Gasteiger partial charge in [0.1, 0.15) is 0 Å². The maximum atomic E-state index is 11.8. The van der Waals surface area contributed by atoms with E-state index in [4.69, 9.17) is 0 Å². The van der Waals surface area contributed by atoms with Crippen LogP contribution in [0, 0.1) is 0 Å². The molecule has 2 saturated heterocycles. The number of carbonyl (C=O) groups is 1. The van der Waals surface area contributed by atoms with Gasteiger partial charge in [0.15, 0.2) is 0 Å². The van der Waals surface area contributed by atoms with Crippen LogP contribution in [-0.4, -0.2) is 53.1 Å². The summed E-state index contributed by atoms with van der Waals surface area (Å²) in [5.74, 6) is 4.39. The minimum absolute atomic E-state index is 0.0908. The van der Waals surface area contributed by atoms with Crippen LogP contribution in [0.25, 0.3) is 0 Å². The molecule has 0 radical (unpaired) electrons. The molecule has 5 heteroatoms. The number of hydrogen-bond acceptors (Lipinski definition) is 4. The molecule has 0 aromatic rings. The Labute approximate surface area is 87.0 Å². The molecule has 1 amide bonds. The predicted octanol–water partition coefficient (Wildman–Crippen LogP) is 0.224. The van der Waals surface area contributed by atoms with Gasteiger partial charge < -0.3 is 4.90 Å². The highest BCUT2D eigenvalue weighted by molar-refractivity contribution is 7.99. The zero-order valence-corrected chi connectivity index (χ0v) is 9.12. The van der Waals surface area contributed by atoms with Gasteiger partial charge in [-0.25, -0.2) is 0 Å². The van der Waals surface area contributed by atoms with Crippen LogP contribution in [0.15, 0.2) is 0 Å². The summed E-state index contributed by atoms with van der Waals surface area (Å²) in [7, 11) is 0. The SMILES string of the molecule is O=C([C@@H]1CSCN1)N1CCSCC1. The van der Waals surface area contributed by atoms with E-state index in [0.29, 0.717) is 5.91 Å². The number of hydrogen-bond donors (Lipinski definition) is 1. The van der Waals surface area contributed by atoms with Gasteiger partial charge in [-0.2, -0.15) is 11.8 Å². The molecule has 0 aliphatic carbocycles. The summed E-state index contributed by atoms with van der Waals surface area (Å²) < 4.78 is 0. The fourth-order valence-corrected chi connectivity index (χ4v) is 3.39. The quantitative estimate of drug-likeness (QED) is 0.682. The second kappa shape index (κ2) is 4.57. The van der Waals surface area contributed by atoms with Gasteiger partial charge in [-0.15, -0.1) is 11.8 Å². The van der Waals surface area contributed by atoms with E-state index in [-0.39, 0.29) is 6.04 Å². The summed E-state index contributed by atoms with van der Waals surface area (Å²) in [6.07, 6.45) is 0. The monoisotopic (exact) mass is 218 g/mol. The third-order valence-corrected chi connectivity index (χ3v) is 4.22. The highest BCUT2D eigenvalue weighted by Gasteiger charge is 2.27. The van der Waals surface area contributed by atoms with Crippen LogP contribution in [0.5, 0.6) is 0 Å². The van der Waals surface area contributed by atoms with Crippen molar-refractivity contribution in [2.24, 2.45) is 0 Å². The molecule has 0 bridgehead atoms. The minimum atomic E-state index is 0.0908. The molecule has 0 saturated carbocycles. The third kappa shape index (κ3) is 2.33. The molecular weight excluding hydrogens is 204 g/mol. The summed E-state index contributed by atoms with van der Waals surface area (Å²) in [5.41, 5.74) is 0. The lowest BCUT2D eigenvalue weighted by Crippen LogP contribution is -2.47. The molecule has 74 valence electrons. The van der Waals surface area contributed by atoms with Crippen molar-refractivity contribution < 1.29 is 4.79 Å². The van der Waals surface area contributed by atoms with Crippen LogP contribution in [0.3, 0.4) is 0 Å². The molecule has 2 rings (SSSR count). The first-order chi connectivity index (χ1) is 6.38. The molecule has 2 fully saturated rings. The topological polar surface area (TPSA) is 32.3 Å². The Balaban J connectivity index is 1.87. The maximum Gasteiger partial charge on any atom is 0.240 e. The fraction of sp³-hybridized carbons (Fsp3) is 0.875. The van der Waals surface area contributed by atoms with Crippen LogP contribution in [0.2, 0.25) is 0 Å². The van der Waals surface area contributed by atoms with E-state index in [9.17, 15) is 4.79 Å². The van der Waals surface area contributed by atoms with E-state index < -0.39 is 0 Å². The number of nitrogens with one attached hydrogen (secondary N) is 1. The van der Waals surface area contributed by atoms with Crippen LogP contribution in [0.1, 0.15) is 0 Å². The molecule has 2 heterocycles. The van der Waals surface area contributed by atoms with Gasteiger partial charge in [-0.05, 0) is 0 Å². The number of thioether (sulfide) groups is 2. The lowest BCUT2D eigenvalue weighted by atomic mass is 10.3. The van der Waals surface area contributed by atoms with Crippen LogP contribution >= 0.6 is 23.5 Å². The molecule has 1 atom stereocenters. The van der Waals surface area contributed by atoms with Crippen LogP contribution in [0.4, 0.5) is 0 Å². The molecule has 0 aromatic heterocycles. The lowest BCUT2D eigenvalue weighted by molar-refractivity contribution is -0.132. The zero-order chi connectivity index (χ0) is 9.10. The molecule has 2 aliphatic rings. The summed E-state index contributed by atoms with van der Waals surface area (Å²) in [4.78, 5) is 13.8. The summed E-state index contributed by atoms with van der Waals surface area (Å²) >= 11 is 3.75. The summed E-state index contributed by atoms with van der Waals surface area (Å²) in [6, 6.07) is 0.0908. The van der Waals surface area contributed by atoms with Crippen molar-refractivity contribution in [2.45, 2.75) is 6.04 Å². The van der Waals surface area contributed by atoms with Crippen molar-refractivity contribution in [3.8, 4) is 0 Å². The molecule has 2 aliphatic heterocycles. The minimum Gasteiger partial charge on any atom is -0.340 e.